The Labute approximate surface area is 154 Å². The summed E-state index contributed by atoms with van der Waals surface area (Å²) in [5.41, 5.74) is 5.17. The number of nitrogens with zero attached hydrogens (tertiary/aromatic N) is 3. The third-order valence-corrected chi connectivity index (χ3v) is 4.52. The summed E-state index contributed by atoms with van der Waals surface area (Å²) < 4.78 is 0. The van der Waals surface area contributed by atoms with Crippen molar-refractivity contribution < 1.29 is 0 Å². The molecule has 136 valence electrons. The maximum absolute atomic E-state index is 4.79. The fourth-order valence-corrected chi connectivity index (χ4v) is 3.07. The van der Waals surface area contributed by atoms with Crippen molar-refractivity contribution in [2.24, 2.45) is 4.99 Å². The first-order valence-corrected chi connectivity index (χ1v) is 9.51. The van der Waals surface area contributed by atoms with E-state index in [4.69, 9.17) is 4.99 Å². The van der Waals surface area contributed by atoms with Crippen molar-refractivity contribution in [1.29, 1.82) is 0 Å². The molecule has 0 amide bonds. The lowest BCUT2D eigenvalue weighted by molar-refractivity contribution is 0.663. The molecule has 5 nitrogen and oxygen atoms in total. The summed E-state index contributed by atoms with van der Waals surface area (Å²) >= 11 is 0. The highest BCUT2D eigenvalue weighted by atomic mass is 15.3. The third-order valence-electron chi connectivity index (χ3n) is 4.52. The molecule has 0 unspecified atom stereocenters. The highest BCUT2D eigenvalue weighted by molar-refractivity contribution is 5.57. The van der Waals surface area contributed by atoms with Crippen LogP contribution in [0.15, 0.2) is 53.7 Å². The quantitative estimate of drug-likeness (QED) is 0.572. The molecule has 0 aliphatic carbocycles. The van der Waals surface area contributed by atoms with Crippen molar-refractivity contribution >= 4 is 0 Å². The molecule has 0 fully saturated rings. The zero-order valence-corrected chi connectivity index (χ0v) is 15.4. The van der Waals surface area contributed by atoms with E-state index in [1.807, 2.05) is 24.4 Å². The lowest BCUT2D eigenvalue weighted by atomic mass is 10.0. The van der Waals surface area contributed by atoms with Crippen LogP contribution in [0.2, 0.25) is 0 Å². The van der Waals surface area contributed by atoms with E-state index in [2.05, 4.69) is 51.6 Å². The molecule has 3 aromatic rings. The Kier molecular flexibility index (Phi) is 6.76. The molecular weight excluding hydrogens is 322 g/mol. The average Bonchev–Trinajstić information content (AvgIpc) is 3.22. The third kappa shape index (κ3) is 4.91. The molecule has 2 N–H and O–H groups in total. The summed E-state index contributed by atoms with van der Waals surface area (Å²) in [6.45, 7) is 3.05. The van der Waals surface area contributed by atoms with E-state index in [-0.39, 0.29) is 0 Å². The number of hydrogen-bond acceptors (Lipinski definition) is 3. The highest BCUT2D eigenvalue weighted by Crippen LogP contribution is 2.17. The van der Waals surface area contributed by atoms with Crippen LogP contribution in [-0.4, -0.2) is 26.9 Å². The van der Waals surface area contributed by atoms with Gasteiger partial charge in [0.25, 0.3) is 0 Å². The van der Waals surface area contributed by atoms with Gasteiger partial charge < -0.3 is 4.98 Å². The van der Waals surface area contributed by atoms with E-state index >= 15 is 0 Å². The van der Waals surface area contributed by atoms with Gasteiger partial charge in [-0.3, -0.25) is 4.99 Å². The van der Waals surface area contributed by atoms with Gasteiger partial charge in [0, 0.05) is 18.3 Å². The van der Waals surface area contributed by atoms with E-state index < -0.39 is 0 Å². The Morgan fingerprint density at radius 2 is 1.85 bits per heavy atom. The fraction of sp³-hybridized carbons (Fsp3) is 0.381. The maximum Gasteiger partial charge on any atom is 0.148 e. The normalized spacial score (nSPS) is 11.8. The lowest BCUT2D eigenvalue weighted by Gasteiger charge is -2.08. The van der Waals surface area contributed by atoms with Crippen LogP contribution in [0.3, 0.4) is 0 Å². The summed E-state index contributed by atoms with van der Waals surface area (Å²) in [6.07, 6.45) is 8.58. The molecule has 3 rings (SSSR count). The fourth-order valence-electron chi connectivity index (χ4n) is 3.07. The van der Waals surface area contributed by atoms with Gasteiger partial charge in [-0.2, -0.15) is 0 Å². The van der Waals surface area contributed by atoms with Gasteiger partial charge >= 0.3 is 0 Å². The van der Waals surface area contributed by atoms with Crippen LogP contribution in [0.25, 0.3) is 11.4 Å². The molecule has 0 saturated carbocycles. The number of H-pyrrole nitrogens is 2. The molecule has 0 saturated heterocycles. The number of aromatic nitrogens is 4. The molecule has 5 heteroatoms. The standard InChI is InChI=1S/C21H27N5/c1-2-3-4-8-15-23-21-18(14-13-17-10-6-5-7-11-17)20(24-26-25-21)19-12-9-16-22-19/h5-7,9-12,16,22H,2-4,8,13-15H2,1H3,(H,23,24,25). The van der Waals surface area contributed by atoms with E-state index in [0.29, 0.717) is 0 Å². The number of nitrogens with one attached hydrogen (secondary N) is 2. The van der Waals surface area contributed by atoms with E-state index in [9.17, 15) is 0 Å². The second-order valence-corrected chi connectivity index (χ2v) is 6.50. The predicted octanol–water partition coefficient (Wildman–Crippen LogP) is 4.07. The number of rotatable bonds is 9. The Morgan fingerprint density at radius 3 is 2.62 bits per heavy atom. The van der Waals surface area contributed by atoms with Crippen LogP contribution in [0.4, 0.5) is 0 Å². The first kappa shape index (κ1) is 18.1. The Balaban J connectivity index is 1.85. The zero-order chi connectivity index (χ0) is 18.0. The summed E-state index contributed by atoms with van der Waals surface area (Å²) in [5, 5.41) is 11.5. The van der Waals surface area contributed by atoms with Crippen LogP contribution >= 0.6 is 0 Å². The molecule has 2 aromatic heterocycles. The molecule has 1 aromatic carbocycles. The number of benzene rings is 1. The highest BCUT2D eigenvalue weighted by Gasteiger charge is 2.11. The maximum atomic E-state index is 4.79. The molecule has 26 heavy (non-hydrogen) atoms. The van der Waals surface area contributed by atoms with Gasteiger partial charge in [0.2, 0.25) is 0 Å². The van der Waals surface area contributed by atoms with Crippen LogP contribution in [0.5, 0.6) is 0 Å². The van der Waals surface area contributed by atoms with E-state index in [0.717, 1.165) is 48.2 Å². The molecule has 0 atom stereocenters. The van der Waals surface area contributed by atoms with Gasteiger partial charge in [0.05, 0.1) is 5.69 Å². The minimum atomic E-state index is 0.824. The molecule has 0 aliphatic heterocycles. The van der Waals surface area contributed by atoms with Crippen molar-refractivity contribution in [2.45, 2.75) is 45.4 Å². The zero-order valence-electron chi connectivity index (χ0n) is 15.4. The molecule has 0 aliphatic rings. The van der Waals surface area contributed by atoms with Gasteiger partial charge in [0.1, 0.15) is 11.2 Å². The van der Waals surface area contributed by atoms with Gasteiger partial charge in [-0.25, -0.2) is 5.10 Å². The summed E-state index contributed by atoms with van der Waals surface area (Å²) in [6, 6.07) is 14.5. The Hall–Kier alpha value is -2.69. The van der Waals surface area contributed by atoms with Gasteiger partial charge in [-0.15, -0.1) is 5.10 Å². The lowest BCUT2D eigenvalue weighted by Crippen LogP contribution is -2.21. The SMILES string of the molecule is CCCCCCN=c1[nH]nnc(-c2ccc[nH]2)c1CCc1ccccc1. The van der Waals surface area contributed by atoms with E-state index in [1.54, 1.807) is 0 Å². The topological polar surface area (TPSA) is 69.7 Å². The van der Waals surface area contributed by atoms with Crippen molar-refractivity contribution in [2.75, 3.05) is 6.54 Å². The Morgan fingerprint density at radius 1 is 0.962 bits per heavy atom. The minimum Gasteiger partial charge on any atom is -0.360 e. The molecule has 0 spiro atoms. The first-order chi connectivity index (χ1) is 12.9. The number of hydrogen-bond donors (Lipinski definition) is 2. The smallest absolute Gasteiger partial charge is 0.148 e. The molecule has 2 heterocycles. The van der Waals surface area contributed by atoms with Gasteiger partial charge in [0.15, 0.2) is 0 Å². The van der Waals surface area contributed by atoms with Gasteiger partial charge in [-0.05, 0) is 37.0 Å². The predicted molar refractivity (Wildman–Crippen MR) is 105 cm³/mol. The second-order valence-electron chi connectivity index (χ2n) is 6.50. The van der Waals surface area contributed by atoms with Gasteiger partial charge in [-0.1, -0.05) is 61.7 Å². The number of aryl methyl sites for hydroxylation is 1. The average molecular weight is 349 g/mol. The van der Waals surface area contributed by atoms with Crippen LogP contribution in [-0.2, 0) is 12.8 Å². The van der Waals surface area contributed by atoms with Crippen LogP contribution < -0.4 is 5.49 Å². The van der Waals surface area contributed by atoms with Crippen LogP contribution in [0.1, 0.15) is 43.7 Å². The largest absolute Gasteiger partial charge is 0.360 e. The van der Waals surface area contributed by atoms with E-state index in [1.165, 1.54) is 24.8 Å². The number of aromatic amines is 2. The van der Waals surface area contributed by atoms with Crippen molar-refractivity contribution in [1.82, 2.24) is 20.4 Å². The second kappa shape index (κ2) is 9.70. The summed E-state index contributed by atoms with van der Waals surface area (Å²) in [4.78, 5) is 8.03. The van der Waals surface area contributed by atoms with Crippen molar-refractivity contribution in [3.8, 4) is 11.4 Å². The molecular formula is C21H27N5. The molecule has 0 radical (unpaired) electrons. The van der Waals surface area contributed by atoms with Crippen molar-refractivity contribution in [3.05, 3.63) is 65.3 Å². The first-order valence-electron chi connectivity index (χ1n) is 9.51. The Bertz CT molecular complexity index is 834. The van der Waals surface area contributed by atoms with Crippen LogP contribution in [0, 0.1) is 0 Å². The molecule has 0 bridgehead atoms. The number of unbranched alkanes of at least 4 members (excludes halogenated alkanes) is 3. The summed E-state index contributed by atoms with van der Waals surface area (Å²) in [5.74, 6) is 0. The summed E-state index contributed by atoms with van der Waals surface area (Å²) in [7, 11) is 0. The minimum absolute atomic E-state index is 0.824. The van der Waals surface area contributed by atoms with Crippen molar-refractivity contribution in [3.63, 3.8) is 0 Å². The monoisotopic (exact) mass is 349 g/mol.